The number of ether oxygens (including phenoxy) is 2. The first-order valence-electron chi connectivity index (χ1n) is 5.92. The van der Waals surface area contributed by atoms with E-state index >= 15 is 0 Å². The predicted octanol–water partition coefficient (Wildman–Crippen LogP) is 2.24. The predicted molar refractivity (Wildman–Crippen MR) is 71.9 cm³/mol. The number of hydrogen-bond acceptors (Lipinski definition) is 3. The molecule has 0 saturated heterocycles. The molecular formula is C14H19NO3. The van der Waals surface area contributed by atoms with Crippen LogP contribution in [0.15, 0.2) is 24.3 Å². The molecule has 1 rings (SSSR count). The number of benzene rings is 1. The molecule has 0 spiro atoms. The minimum atomic E-state index is -0.139. The minimum Gasteiger partial charge on any atom is -0.493 e. The summed E-state index contributed by atoms with van der Waals surface area (Å²) in [4.78, 5) is 11.1. The Balaban J connectivity index is 2.84. The summed E-state index contributed by atoms with van der Waals surface area (Å²) >= 11 is 0. The van der Waals surface area contributed by atoms with Gasteiger partial charge in [-0.3, -0.25) is 4.79 Å². The van der Waals surface area contributed by atoms with Crippen molar-refractivity contribution in [3.8, 4) is 11.5 Å². The molecule has 4 heteroatoms. The maximum atomic E-state index is 11.1. The third-order valence-corrected chi connectivity index (χ3v) is 2.32. The molecule has 1 amide bonds. The fourth-order valence-corrected chi connectivity index (χ4v) is 1.37. The molecule has 1 N–H and O–H groups in total. The maximum absolute atomic E-state index is 11.1. The van der Waals surface area contributed by atoms with Gasteiger partial charge in [0.25, 0.3) is 0 Å². The lowest BCUT2D eigenvalue weighted by atomic mass is 10.2. The summed E-state index contributed by atoms with van der Waals surface area (Å²) in [6.07, 6.45) is 4.15. The number of likely N-dealkylation sites (N-methyl/N-ethyl adjacent to an activating group) is 1. The molecule has 0 saturated carbocycles. The highest BCUT2D eigenvalue weighted by atomic mass is 16.5. The van der Waals surface area contributed by atoms with Crippen molar-refractivity contribution < 1.29 is 14.3 Å². The summed E-state index contributed by atoms with van der Waals surface area (Å²) in [7, 11) is 3.19. The summed E-state index contributed by atoms with van der Waals surface area (Å²) < 4.78 is 10.8. The molecule has 1 aromatic rings. The number of hydrogen-bond donors (Lipinski definition) is 1. The number of amides is 1. The molecule has 1 aromatic carbocycles. The Morgan fingerprint density at radius 1 is 1.39 bits per heavy atom. The molecule has 0 radical (unpaired) electrons. The van der Waals surface area contributed by atoms with E-state index in [2.05, 4.69) is 5.32 Å². The number of nitrogens with one attached hydrogen (secondary N) is 1. The number of carbonyl (C=O) groups is 1. The van der Waals surface area contributed by atoms with E-state index in [1.165, 1.54) is 6.08 Å². The SMILES string of the molecule is CCCOc1ccc(/C=C/C(=O)NC)cc1OC. The summed E-state index contributed by atoms with van der Waals surface area (Å²) in [5, 5.41) is 2.52. The molecule has 0 heterocycles. The van der Waals surface area contributed by atoms with Gasteiger partial charge in [0.2, 0.25) is 5.91 Å². The van der Waals surface area contributed by atoms with E-state index in [-0.39, 0.29) is 5.91 Å². The Bertz CT molecular complexity index is 427. The fourth-order valence-electron chi connectivity index (χ4n) is 1.37. The Labute approximate surface area is 108 Å². The third kappa shape index (κ3) is 4.13. The van der Waals surface area contributed by atoms with E-state index in [1.54, 1.807) is 20.2 Å². The fraction of sp³-hybridized carbons (Fsp3) is 0.357. The zero-order valence-corrected chi connectivity index (χ0v) is 11.0. The van der Waals surface area contributed by atoms with Crippen molar-refractivity contribution in [2.24, 2.45) is 0 Å². The Hall–Kier alpha value is -1.97. The molecule has 0 atom stereocenters. The van der Waals surface area contributed by atoms with Gasteiger partial charge in [-0.25, -0.2) is 0 Å². The quantitative estimate of drug-likeness (QED) is 0.786. The molecule has 0 aliphatic rings. The van der Waals surface area contributed by atoms with E-state index in [9.17, 15) is 4.79 Å². The molecule has 0 fully saturated rings. The highest BCUT2D eigenvalue weighted by molar-refractivity contribution is 5.91. The van der Waals surface area contributed by atoms with Gasteiger partial charge in [0, 0.05) is 13.1 Å². The van der Waals surface area contributed by atoms with Crippen molar-refractivity contribution in [3.05, 3.63) is 29.8 Å². The lowest BCUT2D eigenvalue weighted by Gasteiger charge is -2.10. The topological polar surface area (TPSA) is 47.6 Å². The average molecular weight is 249 g/mol. The van der Waals surface area contributed by atoms with Crippen LogP contribution in [0, 0.1) is 0 Å². The van der Waals surface area contributed by atoms with Gasteiger partial charge in [0.05, 0.1) is 13.7 Å². The molecule has 0 unspecified atom stereocenters. The van der Waals surface area contributed by atoms with Crippen molar-refractivity contribution in [2.75, 3.05) is 20.8 Å². The van der Waals surface area contributed by atoms with Crippen LogP contribution in [-0.4, -0.2) is 26.7 Å². The van der Waals surface area contributed by atoms with E-state index in [1.807, 2.05) is 25.1 Å². The van der Waals surface area contributed by atoms with Crippen LogP contribution in [-0.2, 0) is 4.79 Å². The van der Waals surface area contributed by atoms with E-state index in [0.29, 0.717) is 12.4 Å². The smallest absolute Gasteiger partial charge is 0.243 e. The Morgan fingerprint density at radius 2 is 2.17 bits per heavy atom. The van der Waals surface area contributed by atoms with Crippen LogP contribution in [0.1, 0.15) is 18.9 Å². The summed E-state index contributed by atoms with van der Waals surface area (Å²) in [5.74, 6) is 1.25. The standard InChI is InChI=1S/C14H19NO3/c1-4-9-18-12-7-5-11(10-13(12)17-3)6-8-14(16)15-2/h5-8,10H,4,9H2,1-3H3,(H,15,16)/b8-6+. The van der Waals surface area contributed by atoms with Gasteiger partial charge in [-0.2, -0.15) is 0 Å². The monoisotopic (exact) mass is 249 g/mol. The van der Waals surface area contributed by atoms with Crippen molar-refractivity contribution >= 4 is 12.0 Å². The van der Waals surface area contributed by atoms with Crippen LogP contribution in [0.2, 0.25) is 0 Å². The first-order valence-corrected chi connectivity index (χ1v) is 5.92. The van der Waals surface area contributed by atoms with Gasteiger partial charge in [-0.05, 0) is 30.2 Å². The van der Waals surface area contributed by atoms with Gasteiger partial charge in [-0.1, -0.05) is 13.0 Å². The second-order valence-electron chi connectivity index (χ2n) is 3.71. The molecule has 0 aromatic heterocycles. The molecule has 0 aliphatic carbocycles. The normalized spacial score (nSPS) is 10.4. The highest BCUT2D eigenvalue weighted by Crippen LogP contribution is 2.28. The summed E-state index contributed by atoms with van der Waals surface area (Å²) in [6.45, 7) is 2.71. The minimum absolute atomic E-state index is 0.139. The number of carbonyl (C=O) groups excluding carboxylic acids is 1. The van der Waals surface area contributed by atoms with Crippen LogP contribution in [0.25, 0.3) is 6.08 Å². The zero-order valence-electron chi connectivity index (χ0n) is 11.0. The van der Waals surface area contributed by atoms with Crippen LogP contribution in [0.4, 0.5) is 0 Å². The zero-order chi connectivity index (χ0) is 13.4. The summed E-state index contributed by atoms with van der Waals surface area (Å²) in [6, 6.07) is 5.56. The first kappa shape index (κ1) is 14.1. The van der Waals surface area contributed by atoms with Gasteiger partial charge < -0.3 is 14.8 Å². The van der Waals surface area contributed by atoms with Crippen LogP contribution in [0.5, 0.6) is 11.5 Å². The largest absolute Gasteiger partial charge is 0.493 e. The molecular weight excluding hydrogens is 230 g/mol. The third-order valence-electron chi connectivity index (χ3n) is 2.32. The summed E-state index contributed by atoms with van der Waals surface area (Å²) in [5.41, 5.74) is 0.888. The average Bonchev–Trinajstić information content (AvgIpc) is 2.42. The van der Waals surface area contributed by atoms with Gasteiger partial charge in [0.15, 0.2) is 11.5 Å². The lowest BCUT2D eigenvalue weighted by molar-refractivity contribution is -0.115. The van der Waals surface area contributed by atoms with Crippen molar-refractivity contribution in [3.63, 3.8) is 0 Å². The molecule has 0 bridgehead atoms. The van der Waals surface area contributed by atoms with Gasteiger partial charge in [-0.15, -0.1) is 0 Å². The van der Waals surface area contributed by atoms with Crippen LogP contribution < -0.4 is 14.8 Å². The maximum Gasteiger partial charge on any atom is 0.243 e. The van der Waals surface area contributed by atoms with E-state index in [0.717, 1.165) is 17.7 Å². The van der Waals surface area contributed by atoms with Gasteiger partial charge in [0.1, 0.15) is 0 Å². The van der Waals surface area contributed by atoms with E-state index in [4.69, 9.17) is 9.47 Å². The first-order chi connectivity index (χ1) is 8.71. The Kier molecular flexibility index (Phi) is 5.77. The van der Waals surface area contributed by atoms with Gasteiger partial charge >= 0.3 is 0 Å². The lowest BCUT2D eigenvalue weighted by Crippen LogP contribution is -2.13. The molecule has 98 valence electrons. The Morgan fingerprint density at radius 3 is 2.78 bits per heavy atom. The van der Waals surface area contributed by atoms with Crippen LogP contribution >= 0.6 is 0 Å². The molecule has 18 heavy (non-hydrogen) atoms. The van der Waals surface area contributed by atoms with Crippen molar-refractivity contribution in [2.45, 2.75) is 13.3 Å². The van der Waals surface area contributed by atoms with Crippen LogP contribution in [0.3, 0.4) is 0 Å². The highest BCUT2D eigenvalue weighted by Gasteiger charge is 2.04. The number of methoxy groups -OCH3 is 1. The molecule has 4 nitrogen and oxygen atoms in total. The van der Waals surface area contributed by atoms with E-state index < -0.39 is 0 Å². The second kappa shape index (κ2) is 7.37. The number of rotatable bonds is 6. The second-order valence-corrected chi connectivity index (χ2v) is 3.71. The molecule has 0 aliphatic heterocycles. The van der Waals surface area contributed by atoms with Crippen molar-refractivity contribution in [1.82, 2.24) is 5.32 Å². The van der Waals surface area contributed by atoms with Crippen molar-refractivity contribution in [1.29, 1.82) is 0 Å².